The average Bonchev–Trinajstić information content (AvgIpc) is 2.02. The average molecular weight is 198 g/mol. The number of ether oxygens (including phenoxy) is 2. The van der Waals surface area contributed by atoms with Crippen molar-refractivity contribution in [2.24, 2.45) is 0 Å². The Hall–Kier alpha value is -0.200. The van der Waals surface area contributed by atoms with Gasteiger partial charge in [-0.2, -0.15) is 8.42 Å². The van der Waals surface area contributed by atoms with Gasteiger partial charge in [0.15, 0.2) is 0 Å². The molecule has 1 atom stereocenters. The lowest BCUT2D eigenvalue weighted by atomic mass is 10.3. The van der Waals surface area contributed by atoms with Crippen LogP contribution in [0.2, 0.25) is 0 Å². The highest BCUT2D eigenvalue weighted by Gasteiger charge is 2.17. The summed E-state index contributed by atoms with van der Waals surface area (Å²) in [5.74, 6) is -0.485. The zero-order chi connectivity index (χ0) is 9.03. The van der Waals surface area contributed by atoms with E-state index in [4.69, 9.17) is 9.47 Å². The molecule has 0 amide bonds. The maximum atomic E-state index is 12.0. The summed E-state index contributed by atoms with van der Waals surface area (Å²) in [5, 5.41) is 0. The molecule has 0 bridgehead atoms. The molecule has 0 aromatic heterocycles. The topological polar surface area (TPSA) is 52.6 Å². The Bertz CT molecular complexity index is 220. The van der Waals surface area contributed by atoms with Crippen molar-refractivity contribution in [1.82, 2.24) is 0 Å². The summed E-state index contributed by atoms with van der Waals surface area (Å²) in [6, 6.07) is 0. The van der Waals surface area contributed by atoms with Crippen molar-refractivity contribution in [3.8, 4) is 0 Å². The maximum absolute atomic E-state index is 12.0. The maximum Gasteiger partial charge on any atom is 0.302 e. The highest BCUT2D eigenvalue weighted by atomic mass is 32.3. The van der Waals surface area contributed by atoms with Gasteiger partial charge in [-0.15, -0.1) is 3.89 Å². The Morgan fingerprint density at radius 3 is 2.67 bits per heavy atom. The second kappa shape index (κ2) is 4.15. The third-order valence-electron chi connectivity index (χ3n) is 1.57. The van der Waals surface area contributed by atoms with Crippen LogP contribution >= 0.6 is 0 Å². The van der Waals surface area contributed by atoms with E-state index >= 15 is 0 Å². The van der Waals surface area contributed by atoms with Crippen LogP contribution < -0.4 is 0 Å². The summed E-state index contributed by atoms with van der Waals surface area (Å²) in [4.78, 5) is 0. The van der Waals surface area contributed by atoms with Crippen LogP contribution in [0.4, 0.5) is 3.89 Å². The minimum absolute atomic E-state index is 0.166. The van der Waals surface area contributed by atoms with E-state index in [-0.39, 0.29) is 12.5 Å². The van der Waals surface area contributed by atoms with E-state index in [0.29, 0.717) is 19.8 Å². The molecule has 1 rings (SSSR count). The van der Waals surface area contributed by atoms with Crippen LogP contribution in [0.25, 0.3) is 0 Å². The Kier molecular flexibility index (Phi) is 3.42. The molecule has 0 saturated carbocycles. The first-order chi connectivity index (χ1) is 5.58. The number of halogens is 1. The van der Waals surface area contributed by atoms with Gasteiger partial charge < -0.3 is 9.47 Å². The lowest BCUT2D eigenvalue weighted by molar-refractivity contribution is -0.0884. The van der Waals surface area contributed by atoms with Crippen molar-refractivity contribution in [1.29, 1.82) is 0 Å². The molecule has 12 heavy (non-hydrogen) atoms. The molecule has 1 heterocycles. The molecule has 1 saturated heterocycles. The molecular formula is C6H11FO4S. The minimum Gasteiger partial charge on any atom is -0.376 e. The van der Waals surface area contributed by atoms with Crippen LogP contribution in [-0.4, -0.2) is 40.1 Å². The fourth-order valence-electron chi connectivity index (χ4n) is 0.975. The standard InChI is InChI=1S/C6H11FO4S/c7-12(8,9)4-1-6-5-10-2-3-11-6/h6H,1-5H2. The molecule has 0 spiro atoms. The highest BCUT2D eigenvalue weighted by Crippen LogP contribution is 2.07. The normalized spacial score (nSPS) is 25.6. The van der Waals surface area contributed by atoms with E-state index in [1.54, 1.807) is 0 Å². The zero-order valence-electron chi connectivity index (χ0n) is 6.53. The minimum atomic E-state index is -4.36. The first-order valence-corrected chi connectivity index (χ1v) is 5.25. The Balaban J connectivity index is 2.22. The third kappa shape index (κ3) is 3.99. The lowest BCUT2D eigenvalue weighted by Gasteiger charge is -2.21. The fraction of sp³-hybridized carbons (Fsp3) is 1.00. The number of hydrogen-bond donors (Lipinski definition) is 0. The van der Waals surface area contributed by atoms with E-state index in [1.807, 2.05) is 0 Å². The van der Waals surface area contributed by atoms with Crippen LogP contribution in [0, 0.1) is 0 Å². The zero-order valence-corrected chi connectivity index (χ0v) is 7.35. The van der Waals surface area contributed by atoms with Gasteiger partial charge in [0.25, 0.3) is 0 Å². The van der Waals surface area contributed by atoms with Crippen LogP contribution in [0.1, 0.15) is 6.42 Å². The van der Waals surface area contributed by atoms with Gasteiger partial charge in [-0.25, -0.2) is 0 Å². The van der Waals surface area contributed by atoms with Crippen LogP contribution in [0.3, 0.4) is 0 Å². The summed E-state index contributed by atoms with van der Waals surface area (Å²) < 4.78 is 42.4. The van der Waals surface area contributed by atoms with E-state index < -0.39 is 16.0 Å². The van der Waals surface area contributed by atoms with Gasteiger partial charge in [-0.1, -0.05) is 0 Å². The first-order valence-electron chi connectivity index (χ1n) is 3.69. The molecule has 0 N–H and O–H groups in total. The molecule has 0 aliphatic carbocycles. The second-order valence-electron chi connectivity index (χ2n) is 2.60. The summed E-state index contributed by atoms with van der Waals surface area (Å²) in [6.07, 6.45) is -0.108. The smallest absolute Gasteiger partial charge is 0.302 e. The Morgan fingerprint density at radius 2 is 2.17 bits per heavy atom. The highest BCUT2D eigenvalue weighted by molar-refractivity contribution is 7.86. The summed E-state index contributed by atoms with van der Waals surface area (Å²) in [5.41, 5.74) is 0. The van der Waals surface area contributed by atoms with Crippen LogP contribution in [0.15, 0.2) is 0 Å². The van der Waals surface area contributed by atoms with Gasteiger partial charge in [0.2, 0.25) is 0 Å². The predicted molar refractivity (Wildman–Crippen MR) is 40.1 cm³/mol. The molecule has 1 aliphatic heterocycles. The third-order valence-corrected chi connectivity index (χ3v) is 2.29. The molecule has 6 heteroatoms. The molecule has 1 fully saturated rings. The summed E-state index contributed by atoms with van der Waals surface area (Å²) >= 11 is 0. The van der Waals surface area contributed by atoms with Crippen molar-refractivity contribution in [3.63, 3.8) is 0 Å². The van der Waals surface area contributed by atoms with E-state index in [2.05, 4.69) is 0 Å². The van der Waals surface area contributed by atoms with Crippen LogP contribution in [-0.2, 0) is 19.7 Å². The monoisotopic (exact) mass is 198 g/mol. The lowest BCUT2D eigenvalue weighted by Crippen LogP contribution is -2.29. The van der Waals surface area contributed by atoms with Gasteiger partial charge in [-0.05, 0) is 6.42 Å². The van der Waals surface area contributed by atoms with E-state index in [9.17, 15) is 12.3 Å². The SMILES string of the molecule is O=S(=O)(F)CCC1COCCO1. The second-order valence-corrected chi connectivity index (χ2v) is 4.09. The quantitative estimate of drug-likeness (QED) is 0.603. The summed E-state index contributed by atoms with van der Waals surface area (Å²) in [6.45, 7) is 1.34. The van der Waals surface area contributed by atoms with E-state index in [1.165, 1.54) is 0 Å². The fourth-order valence-corrected chi connectivity index (χ4v) is 1.52. The molecule has 0 aromatic rings. The van der Waals surface area contributed by atoms with E-state index in [0.717, 1.165) is 0 Å². The van der Waals surface area contributed by atoms with Gasteiger partial charge >= 0.3 is 10.2 Å². The van der Waals surface area contributed by atoms with Gasteiger partial charge in [0, 0.05) is 0 Å². The van der Waals surface area contributed by atoms with Crippen molar-refractivity contribution in [2.45, 2.75) is 12.5 Å². The Morgan fingerprint density at radius 1 is 1.42 bits per heavy atom. The van der Waals surface area contributed by atoms with Crippen molar-refractivity contribution >= 4 is 10.2 Å². The summed E-state index contributed by atoms with van der Waals surface area (Å²) in [7, 11) is -4.36. The molecule has 4 nitrogen and oxygen atoms in total. The van der Waals surface area contributed by atoms with Crippen molar-refractivity contribution in [2.75, 3.05) is 25.6 Å². The molecule has 0 radical (unpaired) electrons. The Labute approximate surface area is 70.9 Å². The van der Waals surface area contributed by atoms with Gasteiger partial charge in [-0.3, -0.25) is 0 Å². The van der Waals surface area contributed by atoms with Gasteiger partial charge in [0.1, 0.15) is 0 Å². The molecule has 72 valence electrons. The molecule has 0 aromatic carbocycles. The van der Waals surface area contributed by atoms with Crippen LogP contribution in [0.5, 0.6) is 0 Å². The van der Waals surface area contributed by atoms with Gasteiger partial charge in [0.05, 0.1) is 31.7 Å². The first kappa shape index (κ1) is 9.88. The number of rotatable bonds is 3. The molecule has 1 aliphatic rings. The largest absolute Gasteiger partial charge is 0.376 e. The van der Waals surface area contributed by atoms with Crippen molar-refractivity contribution in [3.05, 3.63) is 0 Å². The molecule has 1 unspecified atom stereocenters. The number of hydrogen-bond acceptors (Lipinski definition) is 4. The van der Waals surface area contributed by atoms with Crippen molar-refractivity contribution < 1.29 is 21.8 Å². The molecular weight excluding hydrogens is 187 g/mol. The predicted octanol–water partition coefficient (Wildman–Crippen LogP) is 0.0912.